The van der Waals surface area contributed by atoms with Crippen LogP contribution in [0.4, 0.5) is 0 Å². The largest absolute Gasteiger partial charge is 0.481 e. The number of ketones is 1. The first-order valence-electron chi connectivity index (χ1n) is 8.90. The van der Waals surface area contributed by atoms with E-state index in [0.29, 0.717) is 6.54 Å². The molecule has 132 valence electrons. The third-order valence-electron chi connectivity index (χ3n) is 6.06. The molecule has 7 unspecified atom stereocenters. The summed E-state index contributed by atoms with van der Waals surface area (Å²) in [6.07, 6.45) is 5.42. The molecular weight excluding hydrogens is 310 g/mol. The quantitative estimate of drug-likeness (QED) is 0.524. The van der Waals surface area contributed by atoms with Crippen molar-refractivity contribution in [3.63, 3.8) is 0 Å². The molecule has 0 aromatic rings. The summed E-state index contributed by atoms with van der Waals surface area (Å²) >= 11 is 0. The van der Waals surface area contributed by atoms with E-state index in [9.17, 15) is 14.7 Å². The van der Waals surface area contributed by atoms with E-state index in [2.05, 4.69) is 16.7 Å². The van der Waals surface area contributed by atoms with Gasteiger partial charge in [-0.25, -0.2) is 0 Å². The fourth-order valence-electron chi connectivity index (χ4n) is 4.71. The van der Waals surface area contributed by atoms with E-state index in [-0.39, 0.29) is 30.3 Å². The second kappa shape index (κ2) is 6.22. The number of hydrogen-bond acceptors (Lipinski definition) is 6. The molecule has 3 heterocycles. The van der Waals surface area contributed by atoms with Crippen LogP contribution >= 0.6 is 0 Å². The molecule has 0 bridgehead atoms. The third kappa shape index (κ3) is 2.69. The minimum Gasteiger partial charge on any atom is -0.481 e. The highest BCUT2D eigenvalue weighted by atomic mass is 16.5. The summed E-state index contributed by atoms with van der Waals surface area (Å²) in [5, 5.41) is 15.8. The Labute approximate surface area is 141 Å². The Morgan fingerprint density at radius 1 is 1.33 bits per heavy atom. The Morgan fingerprint density at radius 2 is 2.17 bits per heavy atom. The van der Waals surface area contributed by atoms with Gasteiger partial charge in [-0.15, -0.1) is 0 Å². The van der Waals surface area contributed by atoms with Gasteiger partial charge < -0.3 is 20.9 Å². The minimum absolute atomic E-state index is 0.145. The van der Waals surface area contributed by atoms with Gasteiger partial charge in [0.25, 0.3) is 0 Å². The standard InChI is InChI=1S/C17H25N3O4/c18-15-11(17(22)23)5-10-14(21)9-6-12(8-3-1-2-4-8)19-7-13(9)24-16(10)20-15/h3,9-13,15-16,19-20H,1-2,4-7,18H2,(H,22,23). The highest BCUT2D eigenvalue weighted by Crippen LogP contribution is 2.39. The third-order valence-corrected chi connectivity index (χ3v) is 6.06. The zero-order valence-electron chi connectivity index (χ0n) is 13.6. The summed E-state index contributed by atoms with van der Waals surface area (Å²) in [7, 11) is 0. The van der Waals surface area contributed by atoms with E-state index in [1.165, 1.54) is 12.0 Å². The van der Waals surface area contributed by atoms with Crippen LogP contribution in [-0.4, -0.2) is 47.9 Å². The lowest BCUT2D eigenvalue weighted by molar-refractivity contribution is -0.180. The number of fused-ring (bicyclic) bond motifs is 2. The van der Waals surface area contributed by atoms with Crippen LogP contribution in [0.3, 0.4) is 0 Å². The van der Waals surface area contributed by atoms with Gasteiger partial charge in [0.1, 0.15) is 12.0 Å². The summed E-state index contributed by atoms with van der Waals surface area (Å²) in [5.74, 6) is -2.12. The summed E-state index contributed by atoms with van der Waals surface area (Å²) in [4.78, 5) is 24.4. The van der Waals surface area contributed by atoms with Crippen molar-refractivity contribution in [1.82, 2.24) is 10.6 Å². The van der Waals surface area contributed by atoms with Crippen molar-refractivity contribution < 1.29 is 19.4 Å². The molecule has 3 fully saturated rings. The molecule has 3 saturated heterocycles. The number of aliphatic carboxylic acids is 1. The summed E-state index contributed by atoms with van der Waals surface area (Å²) in [6, 6.07) is 0.256. The van der Waals surface area contributed by atoms with E-state index in [4.69, 9.17) is 10.5 Å². The number of Topliss-reactive ketones (excluding diaryl/α,β-unsaturated/α-hetero) is 1. The van der Waals surface area contributed by atoms with Crippen molar-refractivity contribution in [3.05, 3.63) is 11.6 Å². The fourth-order valence-corrected chi connectivity index (χ4v) is 4.71. The van der Waals surface area contributed by atoms with Crippen LogP contribution in [0.2, 0.25) is 0 Å². The van der Waals surface area contributed by atoms with E-state index in [0.717, 1.165) is 19.3 Å². The van der Waals surface area contributed by atoms with Gasteiger partial charge in [0.2, 0.25) is 0 Å². The first-order valence-corrected chi connectivity index (χ1v) is 8.90. The molecule has 0 radical (unpaired) electrons. The van der Waals surface area contributed by atoms with Crippen molar-refractivity contribution in [1.29, 1.82) is 0 Å². The molecule has 0 amide bonds. The molecule has 24 heavy (non-hydrogen) atoms. The molecule has 4 aliphatic rings. The highest BCUT2D eigenvalue weighted by Gasteiger charge is 2.52. The van der Waals surface area contributed by atoms with Gasteiger partial charge in [0.05, 0.1) is 24.1 Å². The molecule has 7 heteroatoms. The van der Waals surface area contributed by atoms with E-state index >= 15 is 0 Å². The number of ether oxygens (including phenoxy) is 1. The highest BCUT2D eigenvalue weighted by molar-refractivity contribution is 5.86. The van der Waals surface area contributed by atoms with Crippen molar-refractivity contribution >= 4 is 11.8 Å². The Bertz CT molecular complexity index is 578. The van der Waals surface area contributed by atoms with Gasteiger partial charge in [-0.05, 0) is 32.1 Å². The molecule has 0 aromatic heterocycles. The topological polar surface area (TPSA) is 114 Å². The van der Waals surface area contributed by atoms with Gasteiger partial charge in [-0.1, -0.05) is 11.6 Å². The molecule has 0 aromatic carbocycles. The Morgan fingerprint density at radius 3 is 2.88 bits per heavy atom. The maximum Gasteiger partial charge on any atom is 0.309 e. The van der Waals surface area contributed by atoms with Crippen LogP contribution in [0.5, 0.6) is 0 Å². The smallest absolute Gasteiger partial charge is 0.309 e. The van der Waals surface area contributed by atoms with Gasteiger partial charge in [-0.2, -0.15) is 0 Å². The molecule has 7 nitrogen and oxygen atoms in total. The van der Waals surface area contributed by atoms with E-state index in [1.54, 1.807) is 0 Å². The molecule has 3 aliphatic heterocycles. The Kier molecular flexibility index (Phi) is 4.20. The molecule has 1 aliphatic carbocycles. The van der Waals surface area contributed by atoms with Gasteiger partial charge >= 0.3 is 5.97 Å². The predicted octanol–water partition coefficient (Wildman–Crippen LogP) is -0.0361. The number of carbonyl (C=O) groups excluding carboxylic acids is 1. The second-order valence-corrected chi connectivity index (χ2v) is 7.45. The number of allylic oxidation sites excluding steroid dienone is 1. The summed E-state index contributed by atoms with van der Waals surface area (Å²) in [6.45, 7) is 0.654. The van der Waals surface area contributed by atoms with Crippen molar-refractivity contribution in [2.45, 2.75) is 56.6 Å². The van der Waals surface area contributed by atoms with Crippen molar-refractivity contribution in [2.75, 3.05) is 6.54 Å². The van der Waals surface area contributed by atoms with Gasteiger partial charge in [-0.3, -0.25) is 14.9 Å². The van der Waals surface area contributed by atoms with Crippen molar-refractivity contribution in [3.8, 4) is 0 Å². The van der Waals surface area contributed by atoms with Gasteiger partial charge in [0.15, 0.2) is 0 Å². The maximum atomic E-state index is 13.0. The van der Waals surface area contributed by atoms with Crippen molar-refractivity contribution in [2.24, 2.45) is 23.5 Å². The molecule has 7 atom stereocenters. The monoisotopic (exact) mass is 335 g/mol. The van der Waals surface area contributed by atoms with E-state index in [1.807, 2.05) is 0 Å². The number of rotatable bonds is 2. The Balaban J connectivity index is 1.50. The predicted molar refractivity (Wildman–Crippen MR) is 85.8 cm³/mol. The number of carbonyl (C=O) groups is 2. The number of nitrogens with one attached hydrogen (secondary N) is 2. The molecule has 0 spiro atoms. The lowest BCUT2D eigenvalue weighted by Crippen LogP contribution is -2.67. The molecular formula is C17H25N3O4. The first-order chi connectivity index (χ1) is 11.5. The zero-order valence-corrected chi connectivity index (χ0v) is 13.6. The van der Waals surface area contributed by atoms with Crippen LogP contribution in [0.25, 0.3) is 0 Å². The maximum absolute atomic E-state index is 13.0. The van der Waals surface area contributed by atoms with E-state index < -0.39 is 30.2 Å². The number of carboxylic acid groups (broad SMARTS) is 1. The zero-order chi connectivity index (χ0) is 16.8. The lowest BCUT2D eigenvalue weighted by Gasteiger charge is -2.49. The second-order valence-electron chi connectivity index (χ2n) is 7.45. The number of carboxylic acids is 1. The lowest BCUT2D eigenvalue weighted by atomic mass is 9.73. The van der Waals surface area contributed by atoms with Crippen LogP contribution in [0, 0.1) is 17.8 Å². The van der Waals surface area contributed by atoms with Crippen LogP contribution < -0.4 is 16.4 Å². The normalized spacial score (nSPS) is 45.3. The number of hydrogen-bond donors (Lipinski definition) is 4. The summed E-state index contributed by atoms with van der Waals surface area (Å²) in [5.41, 5.74) is 7.31. The Hall–Kier alpha value is -1.28. The average Bonchev–Trinajstić information content (AvgIpc) is 3.08. The van der Waals surface area contributed by atoms with Crippen LogP contribution in [0.15, 0.2) is 11.6 Å². The van der Waals surface area contributed by atoms with Crippen LogP contribution in [0.1, 0.15) is 32.1 Å². The van der Waals surface area contributed by atoms with Crippen LogP contribution in [-0.2, 0) is 14.3 Å². The number of nitrogens with two attached hydrogens (primary N) is 1. The average molecular weight is 335 g/mol. The fraction of sp³-hybridized carbons (Fsp3) is 0.765. The summed E-state index contributed by atoms with van der Waals surface area (Å²) < 4.78 is 6.09. The van der Waals surface area contributed by atoms with Gasteiger partial charge in [0, 0.05) is 18.5 Å². The first kappa shape index (κ1) is 16.2. The SMILES string of the molecule is NC1NC2OC3CNC(C4=CCCC4)CC3C(=O)C2CC1C(=O)O. The minimum atomic E-state index is -0.956. The molecule has 0 saturated carbocycles. The number of piperidine rings is 2. The molecule has 4 rings (SSSR count). The molecule has 5 N–H and O–H groups in total.